The van der Waals surface area contributed by atoms with E-state index in [0.29, 0.717) is 35.5 Å². The van der Waals surface area contributed by atoms with Gasteiger partial charge in [-0.2, -0.15) is 0 Å². The number of Topliss-reactive ketones (excluding diaryl/α,β-unsaturated/α-hetero) is 3. The van der Waals surface area contributed by atoms with Crippen molar-refractivity contribution >= 4 is 60.5 Å². The van der Waals surface area contributed by atoms with Gasteiger partial charge < -0.3 is 27.2 Å². The van der Waals surface area contributed by atoms with Crippen LogP contribution in [0.25, 0.3) is 0 Å². The lowest BCUT2D eigenvalue weighted by Crippen LogP contribution is -2.52. The molecule has 8 atom stereocenters. The molecule has 0 heterocycles. The molecule has 8 unspecified atom stereocenters. The molecule has 4 aliphatic rings. The number of hydrogen-bond acceptors (Lipinski definition) is 12. The zero-order chi connectivity index (χ0) is 45.7. The second-order valence-corrected chi connectivity index (χ2v) is 32.7. The Morgan fingerprint density at radius 1 is 0.571 bits per heavy atom. The Balaban J connectivity index is 0.867. The molecule has 63 heavy (non-hydrogen) atoms. The van der Waals surface area contributed by atoms with Crippen molar-refractivity contribution < 1.29 is 55.9 Å². The van der Waals surface area contributed by atoms with Crippen LogP contribution in [0.15, 0.2) is 48.5 Å². The van der Waals surface area contributed by atoms with E-state index in [9.17, 15) is 28.8 Å². The Labute approximate surface area is 376 Å². The van der Waals surface area contributed by atoms with Crippen LogP contribution in [-0.2, 0) is 59.2 Å². The number of ether oxygens (including phenoxy) is 4. The summed E-state index contributed by atoms with van der Waals surface area (Å²) in [5.74, 6) is -0.116. The molecule has 2 aromatic carbocycles. The van der Waals surface area contributed by atoms with Gasteiger partial charge in [-0.3, -0.25) is 24.0 Å². The number of carbonyl (C=O) groups excluding carboxylic acids is 6. The predicted molar refractivity (Wildman–Crippen MR) is 244 cm³/mol. The van der Waals surface area contributed by atoms with Crippen LogP contribution in [0.2, 0.25) is 51.4 Å². The average molecular weight is 921 g/mol. The smallest absolute Gasteiger partial charge is 0.379 e. The van der Waals surface area contributed by atoms with E-state index < -0.39 is 48.5 Å². The Morgan fingerprint density at radius 2 is 1.00 bits per heavy atom. The van der Waals surface area contributed by atoms with Crippen molar-refractivity contribution in [3.63, 3.8) is 0 Å². The Kier molecular flexibility index (Phi) is 16.0. The lowest BCUT2D eigenvalue weighted by atomic mass is 9.85. The van der Waals surface area contributed by atoms with Gasteiger partial charge in [0.25, 0.3) is 5.78 Å². The summed E-state index contributed by atoms with van der Waals surface area (Å²) in [7, 11) is -5.03. The zero-order valence-electron chi connectivity index (χ0n) is 38.5. The predicted octanol–water partition coefficient (Wildman–Crippen LogP) is 8.46. The highest BCUT2D eigenvalue weighted by Crippen LogP contribution is 2.53. The minimum atomic E-state index is -2.38. The highest BCUT2D eigenvalue weighted by molar-refractivity contribution is 6.87. The Bertz CT molecular complexity index is 1840. The molecule has 0 saturated heterocycles. The SMILES string of the molecule is CCOC(=O)C(=O)c1ccc(CC(=O)OC2CC3CC2CC3CC[Si](C)(C)O[Si](C)(C)O[Si](C)(C)CCC2CC3CC2CC3OC(=O)Cc2ccc(C(=O)C(=O)COC)cc2)cc1. The van der Waals surface area contributed by atoms with Crippen LogP contribution in [0, 0.1) is 35.5 Å². The number of benzene rings is 2. The second-order valence-electron chi connectivity index (χ2n) is 20.2. The van der Waals surface area contributed by atoms with Gasteiger partial charge in [0.15, 0.2) is 16.6 Å². The summed E-state index contributed by atoms with van der Waals surface area (Å²) in [5.41, 5.74) is 2.00. The number of fused-ring (bicyclic) bond motifs is 4. The summed E-state index contributed by atoms with van der Waals surface area (Å²) in [6.07, 6.45) is 8.66. The van der Waals surface area contributed by atoms with Gasteiger partial charge in [0.2, 0.25) is 11.6 Å². The third kappa shape index (κ3) is 13.2. The van der Waals surface area contributed by atoms with E-state index >= 15 is 0 Å². The molecule has 4 saturated carbocycles. The maximum atomic E-state index is 12.9. The fourth-order valence-corrected chi connectivity index (χ4v) is 25.3. The average Bonchev–Trinajstić information content (AvgIpc) is 4.00. The molecule has 12 nitrogen and oxygen atoms in total. The molecule has 4 bridgehead atoms. The molecule has 15 heteroatoms. The van der Waals surface area contributed by atoms with E-state index in [0.717, 1.165) is 74.6 Å². The van der Waals surface area contributed by atoms with Gasteiger partial charge in [0.1, 0.15) is 18.8 Å². The van der Waals surface area contributed by atoms with Gasteiger partial charge in [0, 0.05) is 18.2 Å². The molecule has 0 N–H and O–H groups in total. The molecular weight excluding hydrogens is 853 g/mol. The minimum absolute atomic E-state index is 0.0409. The number of ketones is 3. The first kappa shape index (κ1) is 48.8. The molecule has 4 fully saturated rings. The molecule has 344 valence electrons. The van der Waals surface area contributed by atoms with Crippen LogP contribution >= 0.6 is 0 Å². The van der Waals surface area contributed by atoms with Crippen LogP contribution in [0.4, 0.5) is 0 Å². The van der Waals surface area contributed by atoms with E-state index in [2.05, 4.69) is 39.3 Å². The highest BCUT2D eigenvalue weighted by atomic mass is 28.5. The van der Waals surface area contributed by atoms with E-state index in [1.807, 2.05) is 0 Å². The van der Waals surface area contributed by atoms with Crippen molar-refractivity contribution in [3.05, 3.63) is 70.8 Å². The topological polar surface area (TPSA) is 158 Å². The van der Waals surface area contributed by atoms with E-state index in [4.69, 9.17) is 27.2 Å². The van der Waals surface area contributed by atoms with E-state index in [1.54, 1.807) is 55.5 Å². The van der Waals surface area contributed by atoms with Crippen molar-refractivity contribution in [2.75, 3.05) is 20.3 Å². The summed E-state index contributed by atoms with van der Waals surface area (Å²) >= 11 is 0. The van der Waals surface area contributed by atoms with Gasteiger partial charge in [-0.1, -0.05) is 61.4 Å². The van der Waals surface area contributed by atoms with Crippen molar-refractivity contribution in [1.29, 1.82) is 0 Å². The first-order valence-corrected chi connectivity index (χ1v) is 32.0. The van der Waals surface area contributed by atoms with Crippen molar-refractivity contribution in [2.45, 2.75) is 135 Å². The summed E-state index contributed by atoms with van der Waals surface area (Å²) < 4.78 is 35.6. The van der Waals surface area contributed by atoms with Gasteiger partial charge in [0.05, 0.1) is 19.4 Å². The quantitative estimate of drug-likeness (QED) is 0.0345. The molecule has 2 aromatic rings. The molecule has 4 aliphatic carbocycles. The standard InChI is InChI=1S/C48H68O12Si3/c1-9-56-48(54)47(53)34-16-12-32(13-17-34)23-45(51)58-43-29-38-27-40(43)25-36(38)19-21-62(5,6)60-63(7,8)59-61(3,4)20-18-35-24-39-26-37(35)28-42(39)57-44(50)22-31-10-14-33(15-11-31)46(52)41(49)30-55-2/h10-17,35-40,42-43H,9,18-30H2,1-8H3. The molecular formula is C48H68O12Si3. The second kappa shape index (κ2) is 20.7. The van der Waals surface area contributed by atoms with Crippen molar-refractivity contribution in [1.82, 2.24) is 0 Å². The molecule has 6 rings (SSSR count). The van der Waals surface area contributed by atoms with Crippen LogP contribution in [0.3, 0.4) is 0 Å². The van der Waals surface area contributed by atoms with Crippen LogP contribution in [0.1, 0.15) is 90.1 Å². The van der Waals surface area contributed by atoms with Crippen LogP contribution in [-0.4, -0.2) is 93.0 Å². The molecule has 0 aliphatic heterocycles. The van der Waals surface area contributed by atoms with Gasteiger partial charge in [-0.05, 0) is 143 Å². The summed E-state index contributed by atoms with van der Waals surface area (Å²) in [4.78, 5) is 73.8. The van der Waals surface area contributed by atoms with Crippen LogP contribution in [0.5, 0.6) is 0 Å². The maximum Gasteiger partial charge on any atom is 0.379 e. The van der Waals surface area contributed by atoms with E-state index in [-0.39, 0.29) is 61.3 Å². The van der Waals surface area contributed by atoms with Crippen molar-refractivity contribution in [3.8, 4) is 0 Å². The Hall–Kier alpha value is -3.61. The monoisotopic (exact) mass is 920 g/mol. The minimum Gasteiger partial charge on any atom is -0.462 e. The Morgan fingerprint density at radius 3 is 1.38 bits per heavy atom. The molecule has 0 amide bonds. The fraction of sp³-hybridized carbons (Fsp3) is 0.625. The number of hydrogen-bond donors (Lipinski definition) is 0. The molecule has 0 aromatic heterocycles. The highest BCUT2D eigenvalue weighted by Gasteiger charge is 2.50. The van der Waals surface area contributed by atoms with Gasteiger partial charge >= 0.3 is 26.5 Å². The largest absolute Gasteiger partial charge is 0.462 e. The fourth-order valence-electron chi connectivity index (χ4n) is 11.2. The third-order valence-electron chi connectivity index (χ3n) is 13.8. The lowest BCUT2D eigenvalue weighted by Gasteiger charge is -2.40. The van der Waals surface area contributed by atoms with Gasteiger partial charge in [-0.15, -0.1) is 0 Å². The molecule has 0 radical (unpaired) electrons. The lowest BCUT2D eigenvalue weighted by molar-refractivity contribution is -0.152. The number of esters is 3. The summed E-state index contributed by atoms with van der Waals surface area (Å²) in [6, 6.07) is 15.2. The van der Waals surface area contributed by atoms with E-state index in [1.165, 1.54) is 7.11 Å². The number of methoxy groups -OCH3 is 1. The first-order chi connectivity index (χ1) is 29.7. The third-order valence-corrected chi connectivity index (χ3v) is 25.2. The number of carbonyl (C=O) groups is 6. The normalized spacial score (nSPS) is 25.2. The summed E-state index contributed by atoms with van der Waals surface area (Å²) in [6.45, 7) is 15.3. The van der Waals surface area contributed by atoms with Crippen LogP contribution < -0.4 is 0 Å². The molecule has 0 spiro atoms. The zero-order valence-corrected chi connectivity index (χ0v) is 41.5. The number of rotatable bonds is 23. The first-order valence-electron chi connectivity index (χ1n) is 23.0. The van der Waals surface area contributed by atoms with Gasteiger partial charge in [-0.25, -0.2) is 4.79 Å². The maximum absolute atomic E-state index is 12.9. The summed E-state index contributed by atoms with van der Waals surface area (Å²) in [5, 5.41) is 0. The van der Waals surface area contributed by atoms with Crippen molar-refractivity contribution in [2.24, 2.45) is 35.5 Å².